The van der Waals surface area contributed by atoms with E-state index in [1.165, 1.54) is 29.2 Å². The number of amides is 1. The van der Waals surface area contributed by atoms with Crippen molar-refractivity contribution in [2.75, 3.05) is 5.32 Å². The fourth-order valence-electron chi connectivity index (χ4n) is 3.42. The number of nitrogens with one attached hydrogen (secondary N) is 1. The Morgan fingerprint density at radius 1 is 1.03 bits per heavy atom. The molecule has 5 rings (SSSR count). The van der Waals surface area contributed by atoms with Crippen molar-refractivity contribution in [1.29, 1.82) is 0 Å². The third-order valence-corrected chi connectivity index (χ3v) is 4.86. The molecule has 0 bridgehead atoms. The summed E-state index contributed by atoms with van der Waals surface area (Å²) in [7, 11) is 0. The molecule has 0 spiro atoms. The van der Waals surface area contributed by atoms with Gasteiger partial charge in [-0.3, -0.25) is 14.2 Å². The van der Waals surface area contributed by atoms with E-state index in [9.17, 15) is 14.0 Å². The first-order valence-electron chi connectivity index (χ1n) is 9.44. The number of fused-ring (bicyclic) bond motifs is 2. The fourth-order valence-corrected chi connectivity index (χ4v) is 3.42. The summed E-state index contributed by atoms with van der Waals surface area (Å²) in [5, 5.41) is 12.5. The standard InChI is InChI=1S/C22H15FN6O2/c23-15-7-4-8-16(11-15)29-21-20(26-27-29)22(31)28(13-24-21)12-19(30)25-18-10-3-6-14-5-1-2-9-17(14)18/h1-11,13H,12H2,(H,25,30). The van der Waals surface area contributed by atoms with Crippen LogP contribution in [-0.2, 0) is 11.3 Å². The van der Waals surface area contributed by atoms with Gasteiger partial charge >= 0.3 is 0 Å². The van der Waals surface area contributed by atoms with Gasteiger partial charge in [0.05, 0.1) is 5.69 Å². The molecule has 2 heterocycles. The minimum Gasteiger partial charge on any atom is -0.324 e. The third kappa shape index (κ3) is 3.42. The molecule has 9 heteroatoms. The fraction of sp³-hybridized carbons (Fsp3) is 0.0455. The van der Waals surface area contributed by atoms with Crippen LogP contribution < -0.4 is 10.9 Å². The minimum absolute atomic E-state index is 0.00952. The Kier molecular flexibility index (Phi) is 4.47. The lowest BCUT2D eigenvalue weighted by Gasteiger charge is -2.10. The van der Waals surface area contributed by atoms with Crippen molar-refractivity contribution in [1.82, 2.24) is 24.5 Å². The van der Waals surface area contributed by atoms with Crippen molar-refractivity contribution in [2.24, 2.45) is 0 Å². The van der Waals surface area contributed by atoms with Gasteiger partial charge in [-0.25, -0.2) is 9.37 Å². The Hall–Kier alpha value is -4.40. The number of halogens is 1. The van der Waals surface area contributed by atoms with Crippen LogP contribution in [0.25, 0.3) is 27.6 Å². The summed E-state index contributed by atoms with van der Waals surface area (Å²) in [4.78, 5) is 29.6. The predicted octanol–water partition coefficient (Wildman–Crippen LogP) is 2.91. The van der Waals surface area contributed by atoms with Crippen LogP contribution in [0.4, 0.5) is 10.1 Å². The van der Waals surface area contributed by atoms with E-state index in [0.29, 0.717) is 11.4 Å². The van der Waals surface area contributed by atoms with Crippen LogP contribution in [0.15, 0.2) is 77.9 Å². The van der Waals surface area contributed by atoms with Crippen LogP contribution in [0.1, 0.15) is 0 Å². The monoisotopic (exact) mass is 414 g/mol. The Labute approximate surface area is 174 Å². The van der Waals surface area contributed by atoms with E-state index in [1.54, 1.807) is 12.1 Å². The summed E-state index contributed by atoms with van der Waals surface area (Å²) in [5.41, 5.74) is 0.704. The molecule has 2 aromatic heterocycles. The van der Waals surface area contributed by atoms with Crippen molar-refractivity contribution in [3.63, 3.8) is 0 Å². The smallest absolute Gasteiger partial charge is 0.284 e. The molecule has 0 unspecified atom stereocenters. The molecule has 0 saturated heterocycles. The lowest BCUT2D eigenvalue weighted by atomic mass is 10.1. The Morgan fingerprint density at radius 3 is 2.71 bits per heavy atom. The lowest BCUT2D eigenvalue weighted by molar-refractivity contribution is -0.116. The highest BCUT2D eigenvalue weighted by atomic mass is 19.1. The lowest BCUT2D eigenvalue weighted by Crippen LogP contribution is -2.28. The Balaban J connectivity index is 1.44. The number of hydrogen-bond donors (Lipinski definition) is 1. The molecule has 0 aliphatic heterocycles. The summed E-state index contributed by atoms with van der Waals surface area (Å²) in [5.74, 6) is -0.822. The number of nitrogens with zero attached hydrogens (tertiary/aromatic N) is 5. The average molecular weight is 414 g/mol. The molecule has 1 N–H and O–H groups in total. The van der Waals surface area contributed by atoms with Gasteiger partial charge in [0.1, 0.15) is 18.7 Å². The molecule has 0 fully saturated rings. The first-order valence-corrected chi connectivity index (χ1v) is 9.44. The van der Waals surface area contributed by atoms with Crippen LogP contribution in [0.5, 0.6) is 0 Å². The van der Waals surface area contributed by atoms with Crippen LogP contribution in [0, 0.1) is 5.82 Å². The van der Waals surface area contributed by atoms with Gasteiger partial charge in [0.25, 0.3) is 5.56 Å². The number of benzene rings is 3. The summed E-state index contributed by atoms with van der Waals surface area (Å²) in [6, 6.07) is 19.0. The van der Waals surface area contributed by atoms with Crippen molar-refractivity contribution < 1.29 is 9.18 Å². The second kappa shape index (κ2) is 7.45. The van der Waals surface area contributed by atoms with Gasteiger partial charge in [-0.05, 0) is 29.7 Å². The van der Waals surface area contributed by atoms with Crippen molar-refractivity contribution in [3.05, 3.63) is 89.2 Å². The number of aromatic nitrogens is 5. The Bertz CT molecular complexity index is 1500. The normalized spacial score (nSPS) is 11.1. The predicted molar refractivity (Wildman–Crippen MR) is 113 cm³/mol. The molecule has 1 amide bonds. The number of hydrogen-bond acceptors (Lipinski definition) is 5. The molecule has 0 aliphatic rings. The zero-order valence-electron chi connectivity index (χ0n) is 16.1. The topological polar surface area (TPSA) is 94.7 Å². The second-order valence-electron chi connectivity index (χ2n) is 6.91. The van der Waals surface area contributed by atoms with E-state index < -0.39 is 11.4 Å². The average Bonchev–Trinajstić information content (AvgIpc) is 3.21. The molecule has 152 valence electrons. The van der Waals surface area contributed by atoms with Gasteiger partial charge < -0.3 is 5.32 Å². The van der Waals surface area contributed by atoms with E-state index in [1.807, 2.05) is 36.4 Å². The number of carbonyl (C=O) groups excluding carboxylic acids is 1. The first kappa shape index (κ1) is 18.6. The summed E-state index contributed by atoms with van der Waals surface area (Å²) in [6.45, 7) is -0.238. The molecule has 0 radical (unpaired) electrons. The van der Waals surface area contributed by atoms with E-state index in [4.69, 9.17) is 0 Å². The van der Waals surface area contributed by atoms with Crippen LogP contribution >= 0.6 is 0 Å². The van der Waals surface area contributed by atoms with Gasteiger partial charge in [-0.1, -0.05) is 47.7 Å². The highest BCUT2D eigenvalue weighted by Gasteiger charge is 2.15. The largest absolute Gasteiger partial charge is 0.324 e. The maximum absolute atomic E-state index is 13.5. The first-order chi connectivity index (χ1) is 15.1. The van der Waals surface area contributed by atoms with Gasteiger partial charge in [-0.15, -0.1) is 5.10 Å². The number of carbonyl (C=O) groups is 1. The summed E-state index contributed by atoms with van der Waals surface area (Å²) < 4.78 is 16.0. The third-order valence-electron chi connectivity index (χ3n) is 4.86. The number of anilines is 1. The van der Waals surface area contributed by atoms with E-state index in [2.05, 4.69) is 20.6 Å². The van der Waals surface area contributed by atoms with E-state index in [-0.39, 0.29) is 23.6 Å². The second-order valence-corrected chi connectivity index (χ2v) is 6.91. The van der Waals surface area contributed by atoms with Crippen molar-refractivity contribution in [3.8, 4) is 5.69 Å². The highest BCUT2D eigenvalue weighted by molar-refractivity contribution is 6.02. The minimum atomic E-state index is -0.513. The van der Waals surface area contributed by atoms with Gasteiger partial charge in [0, 0.05) is 11.1 Å². The summed E-state index contributed by atoms with van der Waals surface area (Å²) >= 11 is 0. The highest BCUT2D eigenvalue weighted by Crippen LogP contribution is 2.22. The SMILES string of the molecule is O=C(Cn1cnc2c(nnn2-c2cccc(F)c2)c1=O)Nc1cccc2ccccc12. The molecule has 0 saturated carbocycles. The van der Waals surface area contributed by atoms with Gasteiger partial charge in [-0.2, -0.15) is 4.68 Å². The molecule has 3 aromatic carbocycles. The number of rotatable bonds is 4. The molecule has 0 aliphatic carbocycles. The molecule has 5 aromatic rings. The summed E-state index contributed by atoms with van der Waals surface area (Å²) in [6.07, 6.45) is 1.26. The molecular weight excluding hydrogens is 399 g/mol. The van der Waals surface area contributed by atoms with Crippen molar-refractivity contribution in [2.45, 2.75) is 6.54 Å². The van der Waals surface area contributed by atoms with E-state index in [0.717, 1.165) is 15.3 Å². The Morgan fingerprint density at radius 2 is 1.84 bits per heavy atom. The van der Waals surface area contributed by atoms with Gasteiger partial charge in [0.2, 0.25) is 5.91 Å². The maximum Gasteiger partial charge on any atom is 0.284 e. The van der Waals surface area contributed by atoms with Crippen LogP contribution in [0.3, 0.4) is 0 Å². The molecule has 31 heavy (non-hydrogen) atoms. The molecule has 0 atom stereocenters. The zero-order valence-corrected chi connectivity index (χ0v) is 16.1. The molecule has 8 nitrogen and oxygen atoms in total. The van der Waals surface area contributed by atoms with Gasteiger partial charge in [0.15, 0.2) is 11.2 Å². The van der Waals surface area contributed by atoms with Crippen molar-refractivity contribution >= 4 is 33.5 Å². The van der Waals surface area contributed by atoms with Crippen LogP contribution in [0.2, 0.25) is 0 Å². The quantitative estimate of drug-likeness (QED) is 0.488. The zero-order chi connectivity index (χ0) is 21.4. The maximum atomic E-state index is 13.5. The molecular formula is C22H15FN6O2. The van der Waals surface area contributed by atoms with Crippen LogP contribution in [-0.4, -0.2) is 30.5 Å². The van der Waals surface area contributed by atoms with E-state index >= 15 is 0 Å².